The topological polar surface area (TPSA) is 65.1 Å². The first-order valence-electron chi connectivity index (χ1n) is 4.69. The average Bonchev–Trinajstić information content (AvgIpc) is 2.79. The summed E-state index contributed by atoms with van der Waals surface area (Å²) in [7, 11) is -3.44. The molecule has 0 saturated carbocycles. The van der Waals surface area contributed by atoms with Crippen molar-refractivity contribution in [3.63, 3.8) is 0 Å². The molecular weight excluding hydrogens is 207 g/mol. The van der Waals surface area contributed by atoms with E-state index in [1.165, 1.54) is 0 Å². The second-order valence-electron chi connectivity index (χ2n) is 2.86. The molecule has 0 N–H and O–H groups in total. The van der Waals surface area contributed by atoms with Crippen molar-refractivity contribution < 1.29 is 23.1 Å². The van der Waals surface area contributed by atoms with Gasteiger partial charge in [0, 0.05) is 6.42 Å². The minimum Gasteiger partial charge on any atom is -0.430 e. The van der Waals surface area contributed by atoms with E-state index in [0.29, 0.717) is 6.42 Å². The van der Waals surface area contributed by atoms with Crippen LogP contribution in [0.15, 0.2) is 0 Å². The minimum absolute atomic E-state index is 0.232. The van der Waals surface area contributed by atoms with Crippen molar-refractivity contribution in [2.75, 3.05) is 13.2 Å². The third-order valence-electron chi connectivity index (χ3n) is 2.06. The molecule has 6 heteroatoms. The Bertz CT molecular complexity index is 267. The van der Waals surface area contributed by atoms with Crippen LogP contribution in [-0.4, -0.2) is 24.5 Å². The molecule has 5 nitrogen and oxygen atoms in total. The fourth-order valence-electron chi connectivity index (χ4n) is 1.29. The Labute approximate surface area is 83.3 Å². The van der Waals surface area contributed by atoms with Gasteiger partial charge >= 0.3 is 18.9 Å². The van der Waals surface area contributed by atoms with Crippen molar-refractivity contribution in [1.82, 2.24) is 0 Å². The highest BCUT2D eigenvalue weighted by Gasteiger charge is 2.72. The van der Waals surface area contributed by atoms with Crippen LogP contribution in [0.3, 0.4) is 0 Å². The van der Waals surface area contributed by atoms with Crippen LogP contribution in [0.25, 0.3) is 0 Å². The first kappa shape index (κ1) is 11.7. The van der Waals surface area contributed by atoms with Crippen LogP contribution in [0, 0.1) is 0 Å². The van der Waals surface area contributed by atoms with E-state index in [1.807, 2.05) is 0 Å². The van der Waals surface area contributed by atoms with Gasteiger partial charge < -0.3 is 13.8 Å². The number of hydrogen-bond donors (Lipinski definition) is 0. The van der Waals surface area contributed by atoms with Gasteiger partial charge in [-0.05, 0) is 13.8 Å². The lowest BCUT2D eigenvalue weighted by Crippen LogP contribution is -2.16. The lowest BCUT2D eigenvalue weighted by molar-refractivity contribution is -0.117. The fraction of sp³-hybridized carbons (Fsp3) is 0.875. The summed E-state index contributed by atoms with van der Waals surface area (Å²) in [6, 6.07) is 0. The van der Waals surface area contributed by atoms with E-state index in [9.17, 15) is 9.36 Å². The molecule has 1 atom stereocenters. The standard InChI is InChI=1S/C8H15O5P/c1-4-8(7(9)13-8)14(10,11-5-2)12-6-3/h4-6H2,1-3H3. The molecule has 0 aliphatic carbocycles. The first-order chi connectivity index (χ1) is 6.56. The van der Waals surface area contributed by atoms with E-state index in [1.54, 1.807) is 20.8 Å². The van der Waals surface area contributed by atoms with Crippen molar-refractivity contribution in [2.45, 2.75) is 32.5 Å². The summed E-state index contributed by atoms with van der Waals surface area (Å²) in [5.41, 5.74) is 0. The number of carbonyl (C=O) groups excluding carboxylic acids is 1. The number of rotatable bonds is 6. The number of hydrogen-bond acceptors (Lipinski definition) is 5. The Morgan fingerprint density at radius 1 is 1.29 bits per heavy atom. The molecule has 1 aliphatic heterocycles. The first-order valence-corrected chi connectivity index (χ1v) is 6.23. The van der Waals surface area contributed by atoms with Gasteiger partial charge in [0.2, 0.25) is 0 Å². The SMILES string of the molecule is CCOP(=O)(OCC)C1(CC)OC1=O. The molecule has 1 saturated heterocycles. The van der Waals surface area contributed by atoms with Crippen LogP contribution in [0.1, 0.15) is 27.2 Å². The molecule has 0 amide bonds. The van der Waals surface area contributed by atoms with Crippen LogP contribution >= 0.6 is 7.60 Å². The summed E-state index contributed by atoms with van der Waals surface area (Å²) in [6.45, 7) is 5.57. The highest BCUT2D eigenvalue weighted by atomic mass is 31.2. The van der Waals surface area contributed by atoms with Crippen LogP contribution in [0.4, 0.5) is 0 Å². The van der Waals surface area contributed by atoms with Gasteiger partial charge in [-0.2, -0.15) is 0 Å². The molecule has 0 aromatic heterocycles. The number of epoxide rings is 1. The van der Waals surface area contributed by atoms with E-state index in [2.05, 4.69) is 0 Å². The highest BCUT2D eigenvalue weighted by molar-refractivity contribution is 7.57. The zero-order valence-corrected chi connectivity index (χ0v) is 9.50. The quantitative estimate of drug-likeness (QED) is 0.507. The van der Waals surface area contributed by atoms with Crippen molar-refractivity contribution >= 4 is 13.6 Å². The zero-order valence-electron chi connectivity index (χ0n) is 8.61. The molecular formula is C8H15O5P. The van der Waals surface area contributed by atoms with Gasteiger partial charge in [-0.25, -0.2) is 4.79 Å². The highest BCUT2D eigenvalue weighted by Crippen LogP contribution is 2.68. The summed E-state index contributed by atoms with van der Waals surface area (Å²) >= 11 is 0. The van der Waals surface area contributed by atoms with Gasteiger partial charge in [0.05, 0.1) is 13.2 Å². The van der Waals surface area contributed by atoms with E-state index < -0.39 is 18.9 Å². The van der Waals surface area contributed by atoms with E-state index in [-0.39, 0.29) is 13.2 Å². The fourth-order valence-corrected chi connectivity index (χ4v) is 3.27. The number of cyclic esters (lactones) is 1. The maximum Gasteiger partial charge on any atom is 0.385 e. The maximum atomic E-state index is 12.1. The molecule has 14 heavy (non-hydrogen) atoms. The molecule has 0 radical (unpaired) electrons. The predicted octanol–water partition coefficient (Wildman–Crippen LogP) is 1.92. The average molecular weight is 222 g/mol. The molecule has 82 valence electrons. The summed E-state index contributed by atoms with van der Waals surface area (Å²) in [5, 5.41) is -1.32. The number of carbonyl (C=O) groups is 1. The Balaban J connectivity index is 2.87. The largest absolute Gasteiger partial charge is 0.430 e. The van der Waals surface area contributed by atoms with Crippen molar-refractivity contribution in [3.8, 4) is 0 Å². The van der Waals surface area contributed by atoms with Gasteiger partial charge in [-0.15, -0.1) is 0 Å². The molecule has 0 aromatic carbocycles. The molecule has 1 fully saturated rings. The summed E-state index contributed by atoms with van der Waals surface area (Å²) in [6.07, 6.45) is 0.309. The second kappa shape index (κ2) is 4.01. The minimum atomic E-state index is -3.44. The second-order valence-corrected chi connectivity index (χ2v) is 5.09. The molecule has 0 aromatic rings. The van der Waals surface area contributed by atoms with Crippen molar-refractivity contribution in [3.05, 3.63) is 0 Å². The van der Waals surface area contributed by atoms with Gasteiger partial charge in [0.1, 0.15) is 0 Å². The predicted molar refractivity (Wildman–Crippen MR) is 50.0 cm³/mol. The van der Waals surface area contributed by atoms with Crippen molar-refractivity contribution in [2.24, 2.45) is 0 Å². The normalized spacial score (nSPS) is 26.1. The third kappa shape index (κ3) is 1.60. The van der Waals surface area contributed by atoms with Gasteiger partial charge in [0.25, 0.3) is 0 Å². The Kier molecular flexibility index (Phi) is 3.35. The summed E-state index contributed by atoms with van der Waals surface area (Å²) < 4.78 is 27.0. The third-order valence-corrected chi connectivity index (χ3v) is 4.73. The molecule has 0 bridgehead atoms. The summed E-state index contributed by atoms with van der Waals surface area (Å²) in [4.78, 5) is 11.1. The molecule has 1 aliphatic rings. The van der Waals surface area contributed by atoms with Crippen LogP contribution in [0.2, 0.25) is 0 Å². The van der Waals surface area contributed by atoms with Gasteiger partial charge in [-0.1, -0.05) is 6.92 Å². The van der Waals surface area contributed by atoms with Crippen LogP contribution < -0.4 is 0 Å². The van der Waals surface area contributed by atoms with Gasteiger partial charge in [0.15, 0.2) is 0 Å². The Morgan fingerprint density at radius 2 is 1.71 bits per heavy atom. The molecule has 0 spiro atoms. The summed E-state index contributed by atoms with van der Waals surface area (Å²) in [5.74, 6) is -0.495. The van der Waals surface area contributed by atoms with Crippen molar-refractivity contribution in [1.29, 1.82) is 0 Å². The zero-order chi connectivity index (χ0) is 10.8. The van der Waals surface area contributed by atoms with Gasteiger partial charge in [-0.3, -0.25) is 4.57 Å². The van der Waals surface area contributed by atoms with E-state index >= 15 is 0 Å². The molecule has 1 unspecified atom stereocenters. The lowest BCUT2D eigenvalue weighted by Gasteiger charge is -2.19. The molecule has 1 rings (SSSR count). The van der Waals surface area contributed by atoms with Crippen LogP contribution in [0.5, 0.6) is 0 Å². The smallest absolute Gasteiger partial charge is 0.385 e. The van der Waals surface area contributed by atoms with E-state index in [0.717, 1.165) is 0 Å². The van der Waals surface area contributed by atoms with Crippen LogP contribution in [-0.2, 0) is 23.1 Å². The monoisotopic (exact) mass is 222 g/mol. The number of ether oxygens (including phenoxy) is 1. The van der Waals surface area contributed by atoms with E-state index in [4.69, 9.17) is 13.8 Å². The molecule has 1 heterocycles. The Hall–Kier alpha value is -0.380. The lowest BCUT2D eigenvalue weighted by atomic mass is 10.4. The Morgan fingerprint density at radius 3 is 1.93 bits per heavy atom. The maximum absolute atomic E-state index is 12.1.